The standard InChI is InChI=1S/C15H14F4N2/c16-11-4-9(5-12(17)8-11)6-13(21-20)7-10-2-1-3-14(18)15(10)19/h1-5,8,13,21H,6-7,20H2. The molecule has 0 saturated heterocycles. The average Bonchev–Trinajstić information content (AvgIpc) is 2.42. The monoisotopic (exact) mass is 298 g/mol. The number of benzene rings is 2. The van der Waals surface area contributed by atoms with Crippen molar-refractivity contribution in [2.45, 2.75) is 18.9 Å². The van der Waals surface area contributed by atoms with Gasteiger partial charge in [-0.3, -0.25) is 11.3 Å². The zero-order valence-corrected chi connectivity index (χ0v) is 11.0. The molecule has 0 aliphatic rings. The van der Waals surface area contributed by atoms with E-state index >= 15 is 0 Å². The van der Waals surface area contributed by atoms with E-state index in [0.29, 0.717) is 5.56 Å². The number of rotatable bonds is 5. The Morgan fingerprint density at radius 3 is 2.24 bits per heavy atom. The van der Waals surface area contributed by atoms with Crippen molar-refractivity contribution >= 4 is 0 Å². The Bertz CT molecular complexity index is 611. The van der Waals surface area contributed by atoms with Gasteiger partial charge < -0.3 is 0 Å². The van der Waals surface area contributed by atoms with Crippen LogP contribution in [0.3, 0.4) is 0 Å². The van der Waals surface area contributed by atoms with Gasteiger partial charge >= 0.3 is 0 Å². The van der Waals surface area contributed by atoms with Gasteiger partial charge in [0.25, 0.3) is 0 Å². The topological polar surface area (TPSA) is 38.0 Å². The fourth-order valence-corrected chi connectivity index (χ4v) is 2.17. The second-order valence-electron chi connectivity index (χ2n) is 4.76. The molecule has 2 aromatic rings. The summed E-state index contributed by atoms with van der Waals surface area (Å²) in [7, 11) is 0. The largest absolute Gasteiger partial charge is 0.271 e. The van der Waals surface area contributed by atoms with Gasteiger partial charge in [0.2, 0.25) is 0 Å². The molecule has 2 rings (SSSR count). The lowest BCUT2D eigenvalue weighted by Crippen LogP contribution is -2.38. The van der Waals surface area contributed by atoms with Gasteiger partial charge in [-0.15, -0.1) is 0 Å². The smallest absolute Gasteiger partial charge is 0.162 e. The number of hydrazine groups is 1. The van der Waals surface area contributed by atoms with E-state index in [0.717, 1.165) is 12.1 Å². The van der Waals surface area contributed by atoms with Crippen LogP contribution in [0.15, 0.2) is 36.4 Å². The van der Waals surface area contributed by atoms with E-state index in [2.05, 4.69) is 5.43 Å². The van der Waals surface area contributed by atoms with Gasteiger partial charge in [-0.05, 0) is 42.2 Å². The van der Waals surface area contributed by atoms with Crippen LogP contribution in [0.5, 0.6) is 0 Å². The number of halogens is 4. The summed E-state index contributed by atoms with van der Waals surface area (Å²) >= 11 is 0. The molecule has 2 aromatic carbocycles. The van der Waals surface area contributed by atoms with Crippen LogP contribution in [0.25, 0.3) is 0 Å². The molecule has 21 heavy (non-hydrogen) atoms. The molecule has 0 bridgehead atoms. The van der Waals surface area contributed by atoms with E-state index < -0.39 is 29.3 Å². The Morgan fingerprint density at radius 1 is 0.952 bits per heavy atom. The Kier molecular flexibility index (Phi) is 4.93. The fourth-order valence-electron chi connectivity index (χ4n) is 2.17. The zero-order chi connectivity index (χ0) is 15.4. The van der Waals surface area contributed by atoms with Crippen molar-refractivity contribution in [2.24, 2.45) is 5.84 Å². The third-order valence-electron chi connectivity index (χ3n) is 3.14. The molecule has 0 fully saturated rings. The molecule has 0 saturated carbocycles. The molecule has 6 heteroatoms. The maximum atomic E-state index is 13.6. The molecule has 0 aromatic heterocycles. The van der Waals surface area contributed by atoms with E-state index in [1.807, 2.05) is 0 Å². The summed E-state index contributed by atoms with van der Waals surface area (Å²) in [6.45, 7) is 0. The van der Waals surface area contributed by atoms with Crippen molar-refractivity contribution in [1.29, 1.82) is 0 Å². The maximum Gasteiger partial charge on any atom is 0.162 e. The van der Waals surface area contributed by atoms with Gasteiger partial charge in [0, 0.05) is 12.1 Å². The second-order valence-corrected chi connectivity index (χ2v) is 4.76. The number of hydrogen-bond donors (Lipinski definition) is 2. The van der Waals surface area contributed by atoms with E-state index in [9.17, 15) is 17.6 Å². The molecule has 0 amide bonds. The van der Waals surface area contributed by atoms with Crippen molar-refractivity contribution in [3.8, 4) is 0 Å². The SMILES string of the molecule is NNC(Cc1cc(F)cc(F)c1)Cc1cccc(F)c1F. The minimum absolute atomic E-state index is 0.0955. The Balaban J connectivity index is 2.15. The summed E-state index contributed by atoms with van der Waals surface area (Å²) in [6, 6.07) is 6.48. The first kappa shape index (κ1) is 15.5. The van der Waals surface area contributed by atoms with Crippen molar-refractivity contribution < 1.29 is 17.6 Å². The minimum atomic E-state index is -0.944. The highest BCUT2D eigenvalue weighted by atomic mass is 19.2. The van der Waals surface area contributed by atoms with Crippen molar-refractivity contribution in [3.05, 3.63) is 70.8 Å². The van der Waals surface area contributed by atoms with Crippen LogP contribution in [0.2, 0.25) is 0 Å². The molecular weight excluding hydrogens is 284 g/mol. The van der Waals surface area contributed by atoms with E-state index in [4.69, 9.17) is 5.84 Å². The van der Waals surface area contributed by atoms with Gasteiger partial charge in [-0.1, -0.05) is 12.1 Å². The van der Waals surface area contributed by atoms with Crippen LogP contribution < -0.4 is 11.3 Å². The third kappa shape index (κ3) is 4.03. The van der Waals surface area contributed by atoms with Crippen molar-refractivity contribution in [1.82, 2.24) is 5.43 Å². The molecule has 2 nitrogen and oxygen atoms in total. The zero-order valence-electron chi connectivity index (χ0n) is 11.0. The molecule has 0 spiro atoms. The van der Waals surface area contributed by atoms with Gasteiger partial charge in [0.05, 0.1) is 0 Å². The lowest BCUT2D eigenvalue weighted by atomic mass is 9.99. The molecule has 1 atom stereocenters. The molecule has 112 valence electrons. The molecule has 1 unspecified atom stereocenters. The molecule has 0 radical (unpaired) electrons. The fraction of sp³-hybridized carbons (Fsp3) is 0.200. The first-order valence-corrected chi connectivity index (χ1v) is 6.33. The average molecular weight is 298 g/mol. The van der Waals surface area contributed by atoms with E-state index in [1.54, 1.807) is 0 Å². The lowest BCUT2D eigenvalue weighted by molar-refractivity contribution is 0.472. The Labute approximate surface area is 119 Å². The first-order valence-electron chi connectivity index (χ1n) is 6.33. The van der Waals surface area contributed by atoms with E-state index in [1.165, 1.54) is 24.3 Å². The number of nitrogens with two attached hydrogens (primary N) is 1. The first-order chi connectivity index (χ1) is 9.99. The van der Waals surface area contributed by atoms with Crippen LogP contribution in [-0.4, -0.2) is 6.04 Å². The predicted molar refractivity (Wildman–Crippen MR) is 71.2 cm³/mol. The quantitative estimate of drug-likeness (QED) is 0.506. The van der Waals surface area contributed by atoms with Gasteiger partial charge in [0.15, 0.2) is 11.6 Å². The number of hydrogen-bond acceptors (Lipinski definition) is 2. The van der Waals surface area contributed by atoms with Gasteiger partial charge in [0.1, 0.15) is 11.6 Å². The van der Waals surface area contributed by atoms with Crippen LogP contribution in [0, 0.1) is 23.3 Å². The summed E-state index contributed by atoms with van der Waals surface area (Å²) < 4.78 is 53.0. The maximum absolute atomic E-state index is 13.6. The van der Waals surface area contributed by atoms with Crippen LogP contribution in [0.4, 0.5) is 17.6 Å². The van der Waals surface area contributed by atoms with Crippen molar-refractivity contribution in [3.63, 3.8) is 0 Å². The second kappa shape index (κ2) is 6.69. The van der Waals surface area contributed by atoms with Crippen molar-refractivity contribution in [2.75, 3.05) is 0 Å². The summed E-state index contributed by atoms with van der Waals surface area (Å²) in [4.78, 5) is 0. The molecular formula is C15H14F4N2. The summed E-state index contributed by atoms with van der Waals surface area (Å²) in [5.41, 5.74) is 2.98. The normalized spacial score (nSPS) is 12.4. The summed E-state index contributed by atoms with van der Waals surface area (Å²) in [5, 5.41) is 0. The van der Waals surface area contributed by atoms with Crippen LogP contribution >= 0.6 is 0 Å². The van der Waals surface area contributed by atoms with Crippen LogP contribution in [-0.2, 0) is 12.8 Å². The summed E-state index contributed by atoms with van der Waals surface area (Å²) in [6.07, 6.45) is 0.277. The summed E-state index contributed by atoms with van der Waals surface area (Å²) in [5.74, 6) is 2.10. The highest BCUT2D eigenvalue weighted by Gasteiger charge is 2.15. The molecule has 0 heterocycles. The lowest BCUT2D eigenvalue weighted by Gasteiger charge is -2.16. The highest BCUT2D eigenvalue weighted by molar-refractivity contribution is 5.22. The number of nitrogens with one attached hydrogen (secondary N) is 1. The van der Waals surface area contributed by atoms with Crippen LogP contribution in [0.1, 0.15) is 11.1 Å². The molecule has 0 aliphatic heterocycles. The Hall–Kier alpha value is -1.92. The van der Waals surface area contributed by atoms with E-state index in [-0.39, 0.29) is 18.4 Å². The predicted octanol–water partition coefficient (Wildman–Crippen LogP) is 2.86. The molecule has 3 N–H and O–H groups in total. The minimum Gasteiger partial charge on any atom is -0.271 e. The van der Waals surface area contributed by atoms with Gasteiger partial charge in [-0.25, -0.2) is 17.6 Å². The van der Waals surface area contributed by atoms with Gasteiger partial charge in [-0.2, -0.15) is 0 Å². The highest BCUT2D eigenvalue weighted by Crippen LogP contribution is 2.16. The third-order valence-corrected chi connectivity index (χ3v) is 3.14. The Morgan fingerprint density at radius 2 is 1.62 bits per heavy atom. The molecule has 0 aliphatic carbocycles.